The predicted octanol–water partition coefficient (Wildman–Crippen LogP) is 18.0. The normalized spacial score (nSPS) is 18.3. The van der Waals surface area contributed by atoms with Crippen molar-refractivity contribution < 1.29 is 27.9 Å². The second kappa shape index (κ2) is 20.6. The Morgan fingerprint density at radius 1 is 0.298 bits per heavy atom. The number of rotatable bonds is 4. The monoisotopic (exact) mass is 1170 g/mol. The topological polar surface area (TPSA) is 81.2 Å². The summed E-state index contributed by atoms with van der Waals surface area (Å²) in [5.74, 6) is 0. The van der Waals surface area contributed by atoms with Crippen molar-refractivity contribution >= 4 is 129 Å². The van der Waals surface area contributed by atoms with Gasteiger partial charge in [0.25, 0.3) is 0 Å². The van der Waals surface area contributed by atoms with Gasteiger partial charge in [0.15, 0.2) is 0 Å². The molecule has 0 amide bonds. The minimum Gasteiger partial charge on any atom is -0.405 e. The summed E-state index contributed by atoms with van der Waals surface area (Å²) in [6.45, 7) is 24.6. The average Bonchev–Trinajstić information content (AvgIpc) is 1.34. The van der Waals surface area contributed by atoms with E-state index < -0.39 is 21.1 Å². The van der Waals surface area contributed by atoms with Gasteiger partial charge in [0, 0.05) is 58.7 Å². The van der Waals surface area contributed by atoms with Crippen LogP contribution in [0.2, 0.25) is 0 Å². The highest BCUT2D eigenvalue weighted by Crippen LogP contribution is 2.45. The maximum absolute atomic E-state index is 6.40. The molecule has 418 valence electrons. The number of fused-ring (bicyclic) bond motifs is 12. The molecule has 15 rings (SSSR count). The highest BCUT2D eigenvalue weighted by Gasteiger charge is 2.64. The molecule has 84 heavy (non-hydrogen) atoms. The molecule has 2 aromatic heterocycles. The van der Waals surface area contributed by atoms with Crippen LogP contribution in [-0.2, 0) is 27.9 Å². The molecule has 3 aliphatic rings. The number of hydrogen-bond acceptors (Lipinski definition) is 8. The Kier molecular flexibility index (Phi) is 13.8. The van der Waals surface area contributed by atoms with E-state index in [4.69, 9.17) is 37.9 Å². The third-order valence-electron chi connectivity index (χ3n) is 18.7. The Morgan fingerprint density at radius 3 is 0.929 bits per heavy atom. The molecule has 0 saturated carbocycles. The molecule has 3 aliphatic heterocycles. The second-order valence-corrected chi connectivity index (χ2v) is 26.6. The van der Waals surface area contributed by atoms with Crippen LogP contribution in [0, 0.1) is 0 Å². The molecule has 8 nitrogen and oxygen atoms in total. The van der Waals surface area contributed by atoms with Gasteiger partial charge in [-0.1, -0.05) is 198 Å². The lowest BCUT2D eigenvalue weighted by Crippen LogP contribution is -2.41. The highest BCUT2D eigenvalue weighted by atomic mass is 79.9. The summed E-state index contributed by atoms with van der Waals surface area (Å²) in [5, 5.41) is 14.2. The van der Waals surface area contributed by atoms with Gasteiger partial charge >= 0.3 is 21.1 Å². The Labute approximate surface area is 501 Å². The number of hydrogen-bond donors (Lipinski definition) is 0. The fraction of sp³-hybridized carbons (Fsp3) is 0.250. The van der Waals surface area contributed by atoms with E-state index in [1.165, 1.54) is 59.8 Å². The van der Waals surface area contributed by atoms with E-state index >= 15 is 0 Å². The lowest BCUT2D eigenvalue weighted by molar-refractivity contribution is 0.00578. The van der Waals surface area contributed by atoms with Gasteiger partial charge in [-0.2, -0.15) is 0 Å². The first kappa shape index (κ1) is 56.2. The van der Waals surface area contributed by atoms with Crippen molar-refractivity contribution in [3.63, 3.8) is 0 Å². The zero-order valence-electron chi connectivity index (χ0n) is 49.9. The Bertz CT molecular complexity index is 4330. The Balaban J connectivity index is 0.000000125. The molecule has 10 aromatic carbocycles. The van der Waals surface area contributed by atoms with Gasteiger partial charge in [-0.25, -0.2) is 9.97 Å². The molecule has 0 bridgehead atoms. The molecule has 0 atom stereocenters. The van der Waals surface area contributed by atoms with Crippen molar-refractivity contribution in [1.29, 1.82) is 0 Å². The lowest BCUT2D eigenvalue weighted by Gasteiger charge is -2.32. The van der Waals surface area contributed by atoms with Gasteiger partial charge in [0.2, 0.25) is 0 Å². The molecular weight excluding hydrogens is 1100 g/mol. The van der Waals surface area contributed by atoms with Crippen molar-refractivity contribution in [3.05, 3.63) is 199 Å². The summed E-state index contributed by atoms with van der Waals surface area (Å²) in [7, 11) is -1.36. The zero-order valence-corrected chi connectivity index (χ0v) is 51.5. The van der Waals surface area contributed by atoms with Crippen LogP contribution >= 0.6 is 15.9 Å². The van der Waals surface area contributed by atoms with Crippen LogP contribution in [0.3, 0.4) is 0 Å². The lowest BCUT2D eigenvalue weighted by atomic mass is 9.49. The van der Waals surface area contributed by atoms with Crippen molar-refractivity contribution in [1.82, 2.24) is 9.97 Å². The van der Waals surface area contributed by atoms with Crippen LogP contribution in [0.5, 0.6) is 0 Å². The van der Waals surface area contributed by atoms with Gasteiger partial charge in [-0.3, -0.25) is 0 Å². The number of pyridine rings is 2. The van der Waals surface area contributed by atoms with E-state index in [9.17, 15) is 0 Å². The highest BCUT2D eigenvalue weighted by molar-refractivity contribution is 9.10. The van der Waals surface area contributed by atoms with Crippen LogP contribution < -0.4 is 5.46 Å². The molecule has 0 radical (unpaired) electrons. The first-order valence-electron chi connectivity index (χ1n) is 29.2. The minimum absolute atomic E-state index is 0.360. The summed E-state index contributed by atoms with van der Waals surface area (Å²) in [5.41, 5.74) is 7.74. The van der Waals surface area contributed by atoms with E-state index in [2.05, 4.69) is 238 Å². The molecule has 12 aromatic rings. The molecule has 12 heteroatoms. The van der Waals surface area contributed by atoms with Gasteiger partial charge in [-0.05, 0) is 133 Å². The molecule has 0 unspecified atom stereocenters. The third-order valence-corrected chi connectivity index (χ3v) is 19.2. The maximum atomic E-state index is 6.40. The molecule has 3 fully saturated rings. The predicted molar refractivity (Wildman–Crippen MR) is 355 cm³/mol. The van der Waals surface area contributed by atoms with E-state index in [1.807, 2.05) is 55.4 Å². The summed E-state index contributed by atoms with van der Waals surface area (Å²) in [6, 6.07) is 68.9. The summed E-state index contributed by atoms with van der Waals surface area (Å²) < 4.78 is 37.7. The van der Waals surface area contributed by atoms with Crippen molar-refractivity contribution in [2.45, 2.75) is 117 Å². The van der Waals surface area contributed by atoms with Gasteiger partial charge in [0.05, 0.1) is 55.7 Å². The number of benzene rings is 10. The van der Waals surface area contributed by atoms with Gasteiger partial charge in [0.1, 0.15) is 0 Å². The van der Waals surface area contributed by atoms with Crippen LogP contribution in [0.15, 0.2) is 199 Å². The third kappa shape index (κ3) is 9.68. The molecule has 5 heterocycles. The van der Waals surface area contributed by atoms with E-state index in [1.54, 1.807) is 0 Å². The van der Waals surface area contributed by atoms with E-state index in [0.29, 0.717) is 0 Å². The fourth-order valence-corrected chi connectivity index (χ4v) is 12.3. The molecule has 0 aliphatic carbocycles. The van der Waals surface area contributed by atoms with Crippen molar-refractivity contribution in [2.24, 2.45) is 0 Å². The molecule has 3 saturated heterocycles. The van der Waals surface area contributed by atoms with Crippen LogP contribution in [0.25, 0.3) is 109 Å². The van der Waals surface area contributed by atoms with Crippen LogP contribution in [0.1, 0.15) is 83.1 Å². The SMILES string of the molecule is Brc1cccc(-c2c3ccc4ccccc4c3nc3c2ccc2ccccc23)c1.CC1(C)OB(B2OC(C)(C)C(C)(C)O2)OC1(C)C.CC1(C)OB(c2cccc(-c3c4ccc5ccccc5c4nc4c3ccc3ccccc34)c2)OC1(C)C. The number of aromatic nitrogens is 2. The van der Waals surface area contributed by atoms with Crippen LogP contribution in [0.4, 0.5) is 0 Å². The standard InChI is InChI=1S/C33H28BNO2.C27H16BrN.C12H24B2O4/c1-32(2)33(3,4)37-34(36-32)24-13-9-12-23(20-24)29-27-18-16-21-10-5-7-14-25(21)30(27)35-31-26-15-8-6-11-22(26)17-19-28(29)31;28-20-9-5-8-19(16-20)25-23-14-12-17-6-1-3-10-21(17)26(23)29-27-22-11-4-2-7-18(22)13-15-24(25)27;1-9(2)10(3,4)16-13(15-9)14-17-11(5,6)12(7,8)18-14/h5-20H,1-4H3;1-16H;1-8H3. The summed E-state index contributed by atoms with van der Waals surface area (Å²) >= 11 is 3.65. The maximum Gasteiger partial charge on any atom is 0.494 e. The van der Waals surface area contributed by atoms with Gasteiger partial charge in [-0.15, -0.1) is 0 Å². The zero-order chi connectivity index (χ0) is 58.7. The quantitative estimate of drug-likeness (QED) is 0.0979. The molecule has 0 N–H and O–H groups in total. The Hall–Kier alpha value is -6.99. The largest absolute Gasteiger partial charge is 0.494 e. The van der Waals surface area contributed by atoms with Gasteiger partial charge < -0.3 is 27.9 Å². The molecule has 0 spiro atoms. The van der Waals surface area contributed by atoms with Crippen molar-refractivity contribution in [2.75, 3.05) is 0 Å². The average molecular weight is 1170 g/mol. The minimum atomic E-state index is -0.476. The second-order valence-electron chi connectivity index (χ2n) is 25.7. The summed E-state index contributed by atoms with van der Waals surface area (Å²) in [6.07, 6.45) is 0. The first-order chi connectivity index (χ1) is 40.0. The van der Waals surface area contributed by atoms with E-state index in [0.717, 1.165) is 59.1 Å². The fourth-order valence-electron chi connectivity index (χ4n) is 11.9. The summed E-state index contributed by atoms with van der Waals surface area (Å²) in [4.78, 5) is 10.5. The van der Waals surface area contributed by atoms with E-state index in [-0.39, 0.29) is 33.6 Å². The Morgan fingerprint density at radius 2 is 0.595 bits per heavy atom. The van der Waals surface area contributed by atoms with Crippen LogP contribution in [-0.4, -0.2) is 64.7 Å². The van der Waals surface area contributed by atoms with Crippen molar-refractivity contribution in [3.8, 4) is 22.3 Å². The smallest absolute Gasteiger partial charge is 0.405 e. The number of nitrogens with zero attached hydrogens (tertiary/aromatic N) is 2. The first-order valence-corrected chi connectivity index (χ1v) is 30.0. The number of halogens is 1. The molecular formula is C72H68B3BrN2O6.